The quantitative estimate of drug-likeness (QED) is 0.819. The first kappa shape index (κ1) is 11.7. The highest BCUT2D eigenvalue weighted by Crippen LogP contribution is 2.69. The third kappa shape index (κ3) is 1.25. The summed E-state index contributed by atoms with van der Waals surface area (Å²) in [4.78, 5) is 11.7. The lowest BCUT2D eigenvalue weighted by molar-refractivity contribution is 0.0517. The van der Waals surface area contributed by atoms with Crippen LogP contribution >= 0.6 is 0 Å². The zero-order valence-corrected chi connectivity index (χ0v) is 10.8. The topological polar surface area (TPSA) is 55.0 Å². The minimum absolute atomic E-state index is 0.0109. The van der Waals surface area contributed by atoms with E-state index in [-0.39, 0.29) is 11.3 Å². The number of hydrogen-bond acceptors (Lipinski definition) is 3. The number of carbonyl (C=O) groups excluding carboxylic acids is 1. The monoisotopic (exact) mass is 252 g/mol. The van der Waals surface area contributed by atoms with Crippen LogP contribution in [0.2, 0.25) is 0 Å². The fraction of sp³-hybridized carbons (Fsp3) is 0.692. The van der Waals surface area contributed by atoms with Gasteiger partial charge < -0.3 is 4.74 Å². The average molecular weight is 252 g/mol. The van der Waals surface area contributed by atoms with Gasteiger partial charge in [0.1, 0.15) is 5.67 Å². The molecule has 1 N–H and O–H groups in total. The number of nitrogens with zero attached hydrogens (tertiary/aromatic N) is 1. The van der Waals surface area contributed by atoms with Crippen LogP contribution in [-0.2, 0) is 17.6 Å². The van der Waals surface area contributed by atoms with Gasteiger partial charge in [-0.2, -0.15) is 5.10 Å². The number of carbonyl (C=O) groups is 1. The molecule has 1 heterocycles. The van der Waals surface area contributed by atoms with E-state index in [0.29, 0.717) is 25.1 Å². The van der Waals surface area contributed by atoms with Crippen molar-refractivity contribution in [3.8, 4) is 0 Å². The highest BCUT2D eigenvalue weighted by atomic mass is 19.1. The number of esters is 1. The van der Waals surface area contributed by atoms with Gasteiger partial charge in [-0.05, 0) is 26.7 Å². The SMILES string of the molecule is CCOC(=O)c1n[nH]c2c1C[C@@H]1C(C)(F)[C@]1(C)C2. The van der Waals surface area contributed by atoms with Crippen molar-refractivity contribution in [2.24, 2.45) is 11.3 Å². The number of H-pyrrole nitrogens is 1. The Labute approximate surface area is 105 Å². The molecular weight excluding hydrogens is 235 g/mol. The molecule has 18 heavy (non-hydrogen) atoms. The Balaban J connectivity index is 1.93. The summed E-state index contributed by atoms with van der Waals surface area (Å²) in [5, 5.41) is 6.90. The van der Waals surface area contributed by atoms with Crippen molar-refractivity contribution in [3.05, 3.63) is 17.0 Å². The van der Waals surface area contributed by atoms with Crippen molar-refractivity contribution in [2.45, 2.75) is 39.3 Å². The van der Waals surface area contributed by atoms with Gasteiger partial charge in [0, 0.05) is 22.6 Å². The largest absolute Gasteiger partial charge is 0.461 e. The standard InChI is InChI=1S/C13H17FN2O2/c1-4-18-11(17)10-7-5-9-12(2,13(9,3)14)6-8(7)15-16-10/h9H,4-6H2,1-3H3,(H,15,16)/t9-,12+,13?/m0/s1. The Morgan fingerprint density at radius 1 is 1.61 bits per heavy atom. The third-order valence-corrected chi connectivity index (χ3v) is 4.83. The van der Waals surface area contributed by atoms with Crippen LogP contribution in [0.15, 0.2) is 0 Å². The maximum Gasteiger partial charge on any atom is 0.359 e. The minimum Gasteiger partial charge on any atom is -0.461 e. The van der Waals surface area contributed by atoms with Gasteiger partial charge in [0.25, 0.3) is 0 Å². The first-order valence-corrected chi connectivity index (χ1v) is 6.34. The van der Waals surface area contributed by atoms with Crippen LogP contribution in [0, 0.1) is 11.3 Å². The molecular formula is C13H17FN2O2. The molecule has 1 fully saturated rings. The highest BCUT2D eigenvalue weighted by Gasteiger charge is 2.73. The van der Waals surface area contributed by atoms with Gasteiger partial charge in [-0.1, -0.05) is 6.92 Å². The van der Waals surface area contributed by atoms with Crippen molar-refractivity contribution in [3.63, 3.8) is 0 Å². The van der Waals surface area contributed by atoms with E-state index in [1.54, 1.807) is 13.8 Å². The summed E-state index contributed by atoms with van der Waals surface area (Å²) < 4.78 is 19.3. The Morgan fingerprint density at radius 3 is 3.00 bits per heavy atom. The summed E-state index contributed by atoms with van der Waals surface area (Å²) in [6, 6.07) is 0. The molecule has 1 unspecified atom stereocenters. The summed E-state index contributed by atoms with van der Waals surface area (Å²) >= 11 is 0. The maximum atomic E-state index is 14.3. The second-order valence-corrected chi connectivity index (χ2v) is 5.68. The van der Waals surface area contributed by atoms with E-state index < -0.39 is 11.6 Å². The van der Waals surface area contributed by atoms with Crippen LogP contribution in [0.25, 0.3) is 0 Å². The van der Waals surface area contributed by atoms with Gasteiger partial charge in [0.2, 0.25) is 0 Å². The van der Waals surface area contributed by atoms with Crippen molar-refractivity contribution in [2.75, 3.05) is 6.61 Å². The lowest BCUT2D eigenvalue weighted by Crippen LogP contribution is -2.16. The lowest BCUT2D eigenvalue weighted by atomic mass is 9.87. The molecule has 0 bridgehead atoms. The molecule has 0 saturated heterocycles. The molecule has 2 aliphatic carbocycles. The molecule has 0 aliphatic heterocycles. The van der Waals surface area contributed by atoms with Crippen LogP contribution in [0.4, 0.5) is 4.39 Å². The Bertz CT molecular complexity index is 523. The third-order valence-electron chi connectivity index (χ3n) is 4.83. The molecule has 98 valence electrons. The molecule has 1 aromatic heterocycles. The first-order chi connectivity index (χ1) is 8.41. The number of hydrogen-bond donors (Lipinski definition) is 1. The van der Waals surface area contributed by atoms with E-state index in [1.165, 1.54) is 0 Å². The fourth-order valence-electron chi connectivity index (χ4n) is 3.36. The average Bonchev–Trinajstić information content (AvgIpc) is 2.63. The smallest absolute Gasteiger partial charge is 0.359 e. The van der Waals surface area contributed by atoms with Gasteiger partial charge in [0.15, 0.2) is 5.69 Å². The van der Waals surface area contributed by atoms with Crippen molar-refractivity contribution < 1.29 is 13.9 Å². The summed E-state index contributed by atoms with van der Waals surface area (Å²) in [6.07, 6.45) is 1.19. The number of rotatable bonds is 2. The molecule has 3 rings (SSSR count). The van der Waals surface area contributed by atoms with Gasteiger partial charge in [-0.25, -0.2) is 9.18 Å². The number of nitrogens with one attached hydrogen (secondary N) is 1. The van der Waals surface area contributed by atoms with Crippen molar-refractivity contribution in [1.29, 1.82) is 0 Å². The molecule has 0 amide bonds. The van der Waals surface area contributed by atoms with Crippen LogP contribution in [0.3, 0.4) is 0 Å². The minimum atomic E-state index is -1.14. The number of halogens is 1. The Morgan fingerprint density at radius 2 is 2.33 bits per heavy atom. The molecule has 0 radical (unpaired) electrons. The molecule has 5 heteroatoms. The summed E-state index contributed by atoms with van der Waals surface area (Å²) in [7, 11) is 0. The molecule has 0 aromatic carbocycles. The van der Waals surface area contributed by atoms with Gasteiger partial charge >= 0.3 is 5.97 Å². The Hall–Kier alpha value is -1.39. The number of aromatic amines is 1. The van der Waals surface area contributed by atoms with E-state index >= 15 is 0 Å². The van der Waals surface area contributed by atoms with Crippen molar-refractivity contribution >= 4 is 5.97 Å². The van der Waals surface area contributed by atoms with Crippen LogP contribution in [-0.4, -0.2) is 28.4 Å². The van der Waals surface area contributed by atoms with Crippen LogP contribution in [0.1, 0.15) is 42.5 Å². The second-order valence-electron chi connectivity index (χ2n) is 5.68. The van der Waals surface area contributed by atoms with Crippen LogP contribution < -0.4 is 0 Å². The van der Waals surface area contributed by atoms with E-state index in [2.05, 4.69) is 10.2 Å². The zero-order valence-electron chi connectivity index (χ0n) is 10.8. The second kappa shape index (κ2) is 3.33. The van der Waals surface area contributed by atoms with Gasteiger partial charge in [-0.15, -0.1) is 0 Å². The molecule has 1 aromatic rings. The normalized spacial score (nSPS) is 36.8. The molecule has 0 spiro atoms. The van der Waals surface area contributed by atoms with E-state index in [9.17, 15) is 9.18 Å². The van der Waals surface area contributed by atoms with E-state index in [0.717, 1.165) is 11.3 Å². The predicted octanol–water partition coefficient (Wildman–Crippen LogP) is 2.05. The number of aromatic nitrogens is 2. The van der Waals surface area contributed by atoms with Gasteiger partial charge in [-0.3, -0.25) is 5.10 Å². The number of fused-ring (bicyclic) bond motifs is 2. The van der Waals surface area contributed by atoms with Crippen LogP contribution in [0.5, 0.6) is 0 Å². The zero-order chi connectivity index (χ0) is 13.1. The molecule has 2 aliphatic rings. The predicted molar refractivity (Wildman–Crippen MR) is 63.1 cm³/mol. The lowest BCUT2D eigenvalue weighted by Gasteiger charge is -2.16. The van der Waals surface area contributed by atoms with Gasteiger partial charge in [0.05, 0.1) is 6.61 Å². The maximum absolute atomic E-state index is 14.3. The summed E-state index contributed by atoms with van der Waals surface area (Å²) in [6.45, 7) is 5.70. The van der Waals surface area contributed by atoms with E-state index in [4.69, 9.17) is 4.74 Å². The highest BCUT2D eigenvalue weighted by molar-refractivity contribution is 5.89. The number of ether oxygens (including phenoxy) is 1. The molecule has 4 nitrogen and oxygen atoms in total. The fourth-order valence-corrected chi connectivity index (χ4v) is 3.36. The number of alkyl halides is 1. The molecule has 3 atom stereocenters. The first-order valence-electron chi connectivity index (χ1n) is 6.34. The Kier molecular flexibility index (Phi) is 2.17. The van der Waals surface area contributed by atoms with Crippen molar-refractivity contribution in [1.82, 2.24) is 10.2 Å². The molecule has 1 saturated carbocycles. The van der Waals surface area contributed by atoms with E-state index in [1.807, 2.05) is 6.92 Å². The summed E-state index contributed by atoms with van der Waals surface area (Å²) in [5.74, 6) is -0.428. The summed E-state index contributed by atoms with van der Waals surface area (Å²) in [5.41, 5.74) is 0.615.